The Bertz CT molecular complexity index is 362. The molecule has 3 heteroatoms. The van der Waals surface area contributed by atoms with E-state index in [1.807, 2.05) is 26.0 Å². The van der Waals surface area contributed by atoms with Crippen LogP contribution >= 0.6 is 0 Å². The fourth-order valence-corrected chi connectivity index (χ4v) is 2.23. The molecule has 0 amide bonds. The van der Waals surface area contributed by atoms with Crippen molar-refractivity contribution < 1.29 is 9.84 Å². The number of hydrogen-bond acceptors (Lipinski definition) is 3. The summed E-state index contributed by atoms with van der Waals surface area (Å²) in [6.07, 6.45) is 0.804. The Kier molecular flexibility index (Phi) is 7.82. The molecule has 0 aliphatic carbocycles. The molecule has 0 saturated carbocycles. The average Bonchev–Trinajstić information content (AvgIpc) is 2.39. The number of benzene rings is 1. The standard InChI is InChI=1S/C17H29NO2/c1-5-20-14(4)11-18-12-17(19)16-8-6-15(7-9-16)10-13(2)3/h6-9,13-14,17-19H,5,10-12H2,1-4H3. The van der Waals surface area contributed by atoms with Gasteiger partial charge in [0, 0.05) is 19.7 Å². The first-order chi connectivity index (χ1) is 9.52. The predicted molar refractivity (Wildman–Crippen MR) is 83.9 cm³/mol. The molecule has 0 aromatic heterocycles. The van der Waals surface area contributed by atoms with E-state index < -0.39 is 6.10 Å². The number of ether oxygens (including phenoxy) is 1. The van der Waals surface area contributed by atoms with Crippen LogP contribution in [0.1, 0.15) is 44.9 Å². The van der Waals surface area contributed by atoms with Crippen molar-refractivity contribution in [2.45, 2.75) is 46.3 Å². The lowest BCUT2D eigenvalue weighted by Gasteiger charge is -2.16. The Balaban J connectivity index is 2.37. The van der Waals surface area contributed by atoms with Crippen molar-refractivity contribution in [3.8, 4) is 0 Å². The molecule has 0 bridgehead atoms. The van der Waals surface area contributed by atoms with Gasteiger partial charge in [0.05, 0.1) is 12.2 Å². The van der Waals surface area contributed by atoms with Gasteiger partial charge >= 0.3 is 0 Å². The van der Waals surface area contributed by atoms with E-state index >= 15 is 0 Å². The second-order valence-electron chi connectivity index (χ2n) is 5.78. The minimum atomic E-state index is -0.461. The molecular weight excluding hydrogens is 250 g/mol. The topological polar surface area (TPSA) is 41.5 Å². The van der Waals surface area contributed by atoms with E-state index in [9.17, 15) is 5.11 Å². The van der Waals surface area contributed by atoms with Gasteiger partial charge in [0.1, 0.15) is 0 Å². The highest BCUT2D eigenvalue weighted by Gasteiger charge is 2.08. The molecular formula is C17H29NO2. The molecule has 0 heterocycles. The number of rotatable bonds is 9. The highest BCUT2D eigenvalue weighted by atomic mass is 16.5. The Labute approximate surface area is 123 Å². The first-order valence-electron chi connectivity index (χ1n) is 7.62. The van der Waals surface area contributed by atoms with Gasteiger partial charge < -0.3 is 15.2 Å². The van der Waals surface area contributed by atoms with Crippen LogP contribution in [0.4, 0.5) is 0 Å². The molecule has 1 aromatic carbocycles. The molecule has 20 heavy (non-hydrogen) atoms. The third kappa shape index (κ3) is 6.51. The van der Waals surface area contributed by atoms with E-state index in [1.165, 1.54) is 5.56 Å². The van der Waals surface area contributed by atoms with Gasteiger partial charge in [0.15, 0.2) is 0 Å². The molecule has 2 N–H and O–H groups in total. The summed E-state index contributed by atoms with van der Waals surface area (Å²) in [6, 6.07) is 8.27. The monoisotopic (exact) mass is 279 g/mol. The minimum Gasteiger partial charge on any atom is -0.387 e. The van der Waals surface area contributed by atoms with Crippen LogP contribution in [0.15, 0.2) is 24.3 Å². The van der Waals surface area contributed by atoms with Crippen LogP contribution in [0.2, 0.25) is 0 Å². The van der Waals surface area contributed by atoms with Crippen molar-refractivity contribution in [2.24, 2.45) is 5.92 Å². The SMILES string of the molecule is CCOC(C)CNCC(O)c1ccc(CC(C)C)cc1. The maximum absolute atomic E-state index is 10.1. The molecule has 0 saturated heterocycles. The van der Waals surface area contributed by atoms with E-state index in [1.54, 1.807) is 0 Å². The molecule has 0 aliphatic rings. The average molecular weight is 279 g/mol. The summed E-state index contributed by atoms with van der Waals surface area (Å²) in [7, 11) is 0. The lowest BCUT2D eigenvalue weighted by molar-refractivity contribution is 0.0723. The maximum Gasteiger partial charge on any atom is 0.0914 e. The summed E-state index contributed by atoms with van der Waals surface area (Å²) in [5.41, 5.74) is 2.29. The van der Waals surface area contributed by atoms with Crippen LogP contribution in [0.3, 0.4) is 0 Å². The van der Waals surface area contributed by atoms with Gasteiger partial charge in [0.2, 0.25) is 0 Å². The van der Waals surface area contributed by atoms with Crippen molar-refractivity contribution in [1.29, 1.82) is 0 Å². The molecule has 2 atom stereocenters. The molecule has 0 aliphatic heterocycles. The molecule has 0 radical (unpaired) electrons. The van der Waals surface area contributed by atoms with Crippen LogP contribution in [-0.4, -0.2) is 30.9 Å². The number of nitrogens with one attached hydrogen (secondary N) is 1. The zero-order valence-corrected chi connectivity index (χ0v) is 13.2. The fourth-order valence-electron chi connectivity index (χ4n) is 2.23. The normalized spacial score (nSPS) is 14.5. The number of hydrogen-bond donors (Lipinski definition) is 2. The Hall–Kier alpha value is -0.900. The van der Waals surface area contributed by atoms with Crippen molar-refractivity contribution in [2.75, 3.05) is 19.7 Å². The second kappa shape index (κ2) is 9.11. The summed E-state index contributed by atoms with van der Waals surface area (Å²) >= 11 is 0. The first kappa shape index (κ1) is 17.2. The van der Waals surface area contributed by atoms with Crippen molar-refractivity contribution >= 4 is 0 Å². The van der Waals surface area contributed by atoms with Gasteiger partial charge in [-0.25, -0.2) is 0 Å². The van der Waals surface area contributed by atoms with Crippen LogP contribution < -0.4 is 5.32 Å². The Morgan fingerprint density at radius 2 is 1.75 bits per heavy atom. The van der Waals surface area contributed by atoms with Gasteiger partial charge in [-0.15, -0.1) is 0 Å². The van der Waals surface area contributed by atoms with Crippen LogP contribution in [0.25, 0.3) is 0 Å². The summed E-state index contributed by atoms with van der Waals surface area (Å²) in [6.45, 7) is 10.5. The molecule has 0 spiro atoms. The predicted octanol–water partition coefficient (Wildman–Crippen LogP) is 2.93. The van der Waals surface area contributed by atoms with Crippen molar-refractivity contribution in [3.63, 3.8) is 0 Å². The molecule has 3 nitrogen and oxygen atoms in total. The van der Waals surface area contributed by atoms with E-state index in [0.717, 1.165) is 25.1 Å². The van der Waals surface area contributed by atoms with E-state index in [2.05, 4.69) is 31.3 Å². The first-order valence-corrected chi connectivity index (χ1v) is 7.62. The molecule has 2 unspecified atom stereocenters. The highest BCUT2D eigenvalue weighted by molar-refractivity contribution is 5.24. The lowest BCUT2D eigenvalue weighted by Crippen LogP contribution is -2.30. The van der Waals surface area contributed by atoms with Gasteiger partial charge in [-0.3, -0.25) is 0 Å². The smallest absolute Gasteiger partial charge is 0.0914 e. The van der Waals surface area contributed by atoms with Crippen molar-refractivity contribution in [3.05, 3.63) is 35.4 Å². The Morgan fingerprint density at radius 1 is 1.10 bits per heavy atom. The molecule has 114 valence electrons. The largest absolute Gasteiger partial charge is 0.387 e. The van der Waals surface area contributed by atoms with E-state index in [4.69, 9.17) is 4.74 Å². The number of aliphatic hydroxyl groups is 1. The van der Waals surface area contributed by atoms with Gasteiger partial charge in [0.25, 0.3) is 0 Å². The molecule has 1 aromatic rings. The quantitative estimate of drug-likeness (QED) is 0.730. The summed E-state index contributed by atoms with van der Waals surface area (Å²) in [5, 5.41) is 13.4. The Morgan fingerprint density at radius 3 is 2.30 bits per heavy atom. The lowest BCUT2D eigenvalue weighted by atomic mass is 10.0. The van der Waals surface area contributed by atoms with Gasteiger partial charge in [-0.05, 0) is 37.3 Å². The minimum absolute atomic E-state index is 0.181. The molecule has 1 rings (SSSR count). The van der Waals surface area contributed by atoms with Gasteiger partial charge in [-0.2, -0.15) is 0 Å². The number of aliphatic hydroxyl groups excluding tert-OH is 1. The third-order valence-corrected chi connectivity index (χ3v) is 3.23. The summed E-state index contributed by atoms with van der Waals surface area (Å²) in [5.74, 6) is 0.660. The summed E-state index contributed by atoms with van der Waals surface area (Å²) < 4.78 is 5.44. The second-order valence-corrected chi connectivity index (χ2v) is 5.78. The maximum atomic E-state index is 10.1. The zero-order chi connectivity index (χ0) is 15.0. The van der Waals surface area contributed by atoms with Crippen LogP contribution in [-0.2, 0) is 11.2 Å². The van der Waals surface area contributed by atoms with Crippen molar-refractivity contribution in [1.82, 2.24) is 5.32 Å². The highest BCUT2D eigenvalue weighted by Crippen LogP contribution is 2.15. The van der Waals surface area contributed by atoms with E-state index in [-0.39, 0.29) is 6.10 Å². The van der Waals surface area contributed by atoms with Crippen LogP contribution in [0.5, 0.6) is 0 Å². The van der Waals surface area contributed by atoms with Gasteiger partial charge in [-0.1, -0.05) is 38.1 Å². The summed E-state index contributed by atoms with van der Waals surface area (Å²) in [4.78, 5) is 0. The van der Waals surface area contributed by atoms with Crippen LogP contribution in [0, 0.1) is 5.92 Å². The fraction of sp³-hybridized carbons (Fsp3) is 0.647. The third-order valence-electron chi connectivity index (χ3n) is 3.23. The zero-order valence-electron chi connectivity index (χ0n) is 13.2. The molecule has 0 fully saturated rings. The van der Waals surface area contributed by atoms with E-state index in [0.29, 0.717) is 12.5 Å².